The van der Waals surface area contributed by atoms with Gasteiger partial charge in [0.2, 0.25) is 0 Å². The van der Waals surface area contributed by atoms with Crippen molar-refractivity contribution >= 4 is 19.9 Å². The number of benzene rings is 1. The third-order valence-electron chi connectivity index (χ3n) is 8.82. The zero-order chi connectivity index (χ0) is 38.5. The summed E-state index contributed by atoms with van der Waals surface area (Å²) in [6.45, 7) is 7.16. The predicted molar refractivity (Wildman–Crippen MR) is 205 cm³/mol. The van der Waals surface area contributed by atoms with Crippen molar-refractivity contribution in [1.29, 1.82) is 10.5 Å². The predicted octanol–water partition coefficient (Wildman–Crippen LogP) is 9.00. The largest absolute Gasteiger partial charge is 0.396 e. The van der Waals surface area contributed by atoms with Crippen LogP contribution in [0.2, 0.25) is 0 Å². The molecule has 0 spiro atoms. The van der Waals surface area contributed by atoms with E-state index in [-0.39, 0.29) is 37.6 Å². The number of halogens is 1. The number of hydrogen-bond acceptors (Lipinski definition) is 11. The first-order valence-electron chi connectivity index (χ1n) is 19.1. The number of nitriles is 2. The molecule has 53 heavy (non-hydrogen) atoms. The molecule has 3 aromatic rings. The van der Waals surface area contributed by atoms with Gasteiger partial charge in [-0.1, -0.05) is 90.4 Å². The number of rotatable bonds is 25. The van der Waals surface area contributed by atoms with Crippen LogP contribution in [0.3, 0.4) is 0 Å². The van der Waals surface area contributed by atoms with Crippen LogP contribution in [-0.4, -0.2) is 57.1 Å². The molecule has 0 aliphatic carbocycles. The van der Waals surface area contributed by atoms with E-state index < -0.39 is 14.4 Å². The molecule has 1 aliphatic rings. The number of aromatic nitrogens is 3. The Labute approximate surface area is 316 Å². The van der Waals surface area contributed by atoms with Crippen LogP contribution in [0.15, 0.2) is 36.7 Å². The summed E-state index contributed by atoms with van der Waals surface area (Å²) in [6, 6.07) is 9.78. The molecule has 1 saturated heterocycles. The first-order valence-corrected chi connectivity index (χ1v) is 20.2. The number of ether oxygens (including phenoxy) is 2. The van der Waals surface area contributed by atoms with Gasteiger partial charge in [0.15, 0.2) is 5.82 Å². The molecule has 0 saturated carbocycles. The Morgan fingerprint density at radius 2 is 1.60 bits per heavy atom. The topological polar surface area (TPSA) is 181 Å². The van der Waals surface area contributed by atoms with Gasteiger partial charge >= 0.3 is 8.60 Å². The van der Waals surface area contributed by atoms with E-state index in [2.05, 4.69) is 23.6 Å². The van der Waals surface area contributed by atoms with E-state index in [1.807, 2.05) is 18.2 Å². The molecule has 4 rings (SSSR count). The average Bonchev–Trinajstić information content (AvgIpc) is 3.83. The standard InChI is InChI=1S/C22H25FN5O5P.C16H34O.CHN/c23-17-9-15(11-24)8-16(10-17)12-30-6-1-7-31-34(29)32-13-18-2-5-21(33-18)19-3-4-20-22(25)26-14-27-28(19)20;1-2-3-4-5-6-7-8-9-10-11-12-13-14-15-16-17;1-2/h3-4,8-10,14,18,21,29H,1-2,5-7,12-13H2,(H2,25,26,27);17H,2-16H2,1H3;1H. The third-order valence-corrected chi connectivity index (χ3v) is 9.59. The van der Waals surface area contributed by atoms with Crippen LogP contribution in [0.5, 0.6) is 0 Å². The van der Waals surface area contributed by atoms with Gasteiger partial charge in [0.05, 0.1) is 43.3 Å². The molecule has 0 bridgehead atoms. The fourth-order valence-electron chi connectivity index (χ4n) is 6.05. The van der Waals surface area contributed by atoms with Crippen molar-refractivity contribution in [1.82, 2.24) is 14.6 Å². The number of nitrogens with two attached hydrogens (primary N) is 1. The normalized spacial score (nSPS) is 15.6. The van der Waals surface area contributed by atoms with Crippen molar-refractivity contribution in [3.8, 4) is 12.6 Å². The van der Waals surface area contributed by atoms with E-state index >= 15 is 0 Å². The van der Waals surface area contributed by atoms with Crippen LogP contribution in [0, 0.1) is 29.0 Å². The number of aliphatic hydroxyl groups excluding tert-OH is 1. The lowest BCUT2D eigenvalue weighted by Gasteiger charge is -2.16. The van der Waals surface area contributed by atoms with Crippen molar-refractivity contribution in [2.75, 3.05) is 32.2 Å². The second-order valence-electron chi connectivity index (χ2n) is 13.1. The summed E-state index contributed by atoms with van der Waals surface area (Å²) < 4.78 is 37.4. The maximum atomic E-state index is 13.4. The van der Waals surface area contributed by atoms with E-state index in [0.29, 0.717) is 31.0 Å². The number of aliphatic hydroxyl groups is 1. The van der Waals surface area contributed by atoms with Crippen LogP contribution in [0.1, 0.15) is 139 Å². The molecule has 0 radical (unpaired) electrons. The van der Waals surface area contributed by atoms with Crippen molar-refractivity contribution in [2.24, 2.45) is 0 Å². The summed E-state index contributed by atoms with van der Waals surface area (Å²) in [5, 5.41) is 28.3. The zero-order valence-electron chi connectivity index (χ0n) is 31.4. The molecule has 1 aliphatic heterocycles. The van der Waals surface area contributed by atoms with Crippen molar-refractivity contribution < 1.29 is 32.9 Å². The van der Waals surface area contributed by atoms with Gasteiger partial charge in [-0.15, -0.1) is 0 Å². The molecule has 3 unspecified atom stereocenters. The quantitative estimate of drug-likeness (QED) is 0.0554. The molecule has 3 atom stereocenters. The Kier molecular flexibility index (Phi) is 25.2. The van der Waals surface area contributed by atoms with Crippen molar-refractivity contribution in [3.05, 3.63) is 59.3 Å². The van der Waals surface area contributed by atoms with E-state index in [1.165, 1.54) is 102 Å². The van der Waals surface area contributed by atoms with Gasteiger partial charge in [-0.2, -0.15) is 10.4 Å². The minimum Gasteiger partial charge on any atom is -0.396 e. The molecule has 3 heterocycles. The summed E-state index contributed by atoms with van der Waals surface area (Å²) >= 11 is 0. The minimum absolute atomic E-state index is 0.143. The van der Waals surface area contributed by atoms with E-state index in [9.17, 15) is 9.28 Å². The van der Waals surface area contributed by atoms with Gasteiger partial charge in [0.1, 0.15) is 23.8 Å². The molecule has 1 fully saturated rings. The maximum Gasteiger partial charge on any atom is 0.329 e. The summed E-state index contributed by atoms with van der Waals surface area (Å²) in [5.74, 6) is -0.0585. The van der Waals surface area contributed by atoms with Crippen LogP contribution in [0.4, 0.5) is 10.2 Å². The van der Waals surface area contributed by atoms with Crippen molar-refractivity contribution in [2.45, 2.75) is 135 Å². The molecule has 1 aromatic carbocycles. The van der Waals surface area contributed by atoms with Crippen LogP contribution < -0.4 is 5.73 Å². The second-order valence-corrected chi connectivity index (χ2v) is 14.1. The van der Waals surface area contributed by atoms with Gasteiger partial charge in [-0.05, 0) is 61.6 Å². The van der Waals surface area contributed by atoms with Gasteiger partial charge < -0.3 is 34.3 Å². The lowest BCUT2D eigenvalue weighted by Crippen LogP contribution is -2.14. The smallest absolute Gasteiger partial charge is 0.329 e. The summed E-state index contributed by atoms with van der Waals surface area (Å²) in [5.41, 5.74) is 8.36. The van der Waals surface area contributed by atoms with E-state index in [0.717, 1.165) is 30.5 Å². The highest BCUT2D eigenvalue weighted by molar-refractivity contribution is 7.40. The molecule has 12 nitrogen and oxygen atoms in total. The number of anilines is 1. The lowest BCUT2D eigenvalue weighted by atomic mass is 10.0. The lowest BCUT2D eigenvalue weighted by molar-refractivity contribution is 0.00987. The monoisotopic (exact) mass is 758 g/mol. The van der Waals surface area contributed by atoms with E-state index in [1.54, 1.807) is 10.6 Å². The average molecular weight is 759 g/mol. The molecular weight excluding hydrogens is 698 g/mol. The first kappa shape index (κ1) is 45.9. The maximum absolute atomic E-state index is 13.4. The van der Waals surface area contributed by atoms with Crippen LogP contribution in [-0.2, 0) is 25.1 Å². The number of unbranched alkanes of at least 4 members (excludes halogenated alkanes) is 13. The molecule has 294 valence electrons. The summed E-state index contributed by atoms with van der Waals surface area (Å²) in [6.07, 6.45) is 22.4. The summed E-state index contributed by atoms with van der Waals surface area (Å²) in [7, 11) is -2.03. The van der Waals surface area contributed by atoms with Gasteiger partial charge in [0.25, 0.3) is 0 Å². The SMILES string of the molecule is C#N.CCCCCCCCCCCCCCCCO.N#Cc1cc(F)cc(COCCCOP(O)OCC2CCC(c3ccc4c(N)ncnn34)O2)c1. The Morgan fingerprint density at radius 3 is 2.25 bits per heavy atom. The third kappa shape index (κ3) is 19.1. The number of hydrogen-bond donors (Lipinski definition) is 3. The highest BCUT2D eigenvalue weighted by Crippen LogP contribution is 2.38. The first-order chi connectivity index (χ1) is 25.9. The van der Waals surface area contributed by atoms with Gasteiger partial charge in [-0.3, -0.25) is 0 Å². The summed E-state index contributed by atoms with van der Waals surface area (Å²) in [4.78, 5) is 14.0. The van der Waals surface area contributed by atoms with E-state index in [4.69, 9.17) is 39.9 Å². The van der Waals surface area contributed by atoms with Crippen molar-refractivity contribution in [3.63, 3.8) is 0 Å². The van der Waals surface area contributed by atoms with Crippen LogP contribution in [0.25, 0.3) is 5.52 Å². The number of nitrogen functional groups attached to an aromatic ring is 1. The minimum atomic E-state index is -2.03. The molecule has 14 heteroatoms. The zero-order valence-corrected chi connectivity index (χ0v) is 32.3. The van der Waals surface area contributed by atoms with Crippen LogP contribution >= 0.6 is 8.60 Å². The molecule has 0 amide bonds. The Morgan fingerprint density at radius 1 is 0.943 bits per heavy atom. The second kappa shape index (κ2) is 29.1. The Hall–Kier alpha value is -3.26. The fraction of sp³-hybridized carbons (Fsp3) is 0.641. The highest BCUT2D eigenvalue weighted by atomic mass is 31.2. The Balaban J connectivity index is 0.000000434. The number of fused-ring (bicyclic) bond motifs is 1. The molecular formula is C39H60FN6O6P. The molecule has 2 aromatic heterocycles. The Bertz CT molecular complexity index is 1440. The van der Waals surface area contributed by atoms with Gasteiger partial charge in [-0.25, -0.2) is 19.2 Å². The van der Waals surface area contributed by atoms with Gasteiger partial charge in [0, 0.05) is 19.8 Å². The molecule has 4 N–H and O–H groups in total. The number of nitrogens with zero attached hydrogens (tertiary/aromatic N) is 5. The highest BCUT2D eigenvalue weighted by Gasteiger charge is 2.30. The fourth-order valence-corrected chi connectivity index (χ4v) is 6.70.